The topological polar surface area (TPSA) is 129 Å². The van der Waals surface area contributed by atoms with E-state index < -0.39 is 11.9 Å². The smallest absolute Gasteiger partial charge is 0.328 e. The molecule has 1 aromatic heterocycles. The fourth-order valence-electron chi connectivity index (χ4n) is 3.66. The van der Waals surface area contributed by atoms with Crippen molar-refractivity contribution >= 4 is 28.8 Å². The third-order valence-electron chi connectivity index (χ3n) is 4.98. The van der Waals surface area contributed by atoms with E-state index in [9.17, 15) is 14.4 Å². The SMILES string of the molecule is C#Cc1coc2ccc(C(=O)N[C@@H]3CC4CCC3N4)cc12.O=C(O)/C=C/C(=O)O. The van der Waals surface area contributed by atoms with Gasteiger partial charge in [-0.15, -0.1) is 6.42 Å². The Morgan fingerprint density at radius 2 is 1.93 bits per heavy atom. The predicted molar refractivity (Wildman–Crippen MR) is 104 cm³/mol. The van der Waals surface area contributed by atoms with Gasteiger partial charge in [-0.25, -0.2) is 9.59 Å². The average Bonchev–Trinajstić information content (AvgIpc) is 3.41. The lowest BCUT2D eigenvalue weighted by Gasteiger charge is -2.21. The second kappa shape index (κ2) is 8.63. The number of carbonyl (C=O) groups is 3. The highest BCUT2D eigenvalue weighted by Gasteiger charge is 2.39. The van der Waals surface area contributed by atoms with Gasteiger partial charge in [0.15, 0.2) is 0 Å². The van der Waals surface area contributed by atoms with Crippen LogP contribution < -0.4 is 10.6 Å². The van der Waals surface area contributed by atoms with Gasteiger partial charge in [0.25, 0.3) is 5.91 Å². The van der Waals surface area contributed by atoms with E-state index in [2.05, 4.69) is 16.6 Å². The number of benzene rings is 1. The highest BCUT2D eigenvalue weighted by Crippen LogP contribution is 2.28. The first kappa shape index (κ1) is 20.2. The van der Waals surface area contributed by atoms with Gasteiger partial charge in [0.1, 0.15) is 11.8 Å². The summed E-state index contributed by atoms with van der Waals surface area (Å²) in [6.45, 7) is 0. The van der Waals surface area contributed by atoms with Gasteiger partial charge in [0.2, 0.25) is 0 Å². The van der Waals surface area contributed by atoms with Crippen molar-refractivity contribution in [3.63, 3.8) is 0 Å². The van der Waals surface area contributed by atoms with Gasteiger partial charge in [-0.05, 0) is 37.5 Å². The Labute approximate surface area is 166 Å². The number of aliphatic carboxylic acids is 2. The Morgan fingerprint density at radius 1 is 1.21 bits per heavy atom. The van der Waals surface area contributed by atoms with E-state index in [-0.39, 0.29) is 11.9 Å². The normalized spacial score (nSPS) is 22.1. The van der Waals surface area contributed by atoms with Crippen LogP contribution in [0.3, 0.4) is 0 Å². The minimum absolute atomic E-state index is 0.0413. The van der Waals surface area contributed by atoms with E-state index in [1.165, 1.54) is 6.42 Å². The number of carboxylic acid groups (broad SMARTS) is 2. The van der Waals surface area contributed by atoms with Crippen molar-refractivity contribution in [3.8, 4) is 12.3 Å². The number of hydrogen-bond donors (Lipinski definition) is 4. The zero-order chi connectivity index (χ0) is 21.0. The molecule has 2 saturated heterocycles. The maximum Gasteiger partial charge on any atom is 0.328 e. The number of carbonyl (C=O) groups excluding carboxylic acids is 1. The molecule has 8 nitrogen and oxygen atoms in total. The molecule has 3 heterocycles. The second-order valence-electron chi connectivity index (χ2n) is 6.88. The molecule has 2 aliphatic heterocycles. The number of fused-ring (bicyclic) bond motifs is 3. The van der Waals surface area contributed by atoms with Gasteiger partial charge in [0.05, 0.1) is 5.56 Å². The van der Waals surface area contributed by atoms with Crippen LogP contribution in [0.5, 0.6) is 0 Å². The van der Waals surface area contributed by atoms with Crippen LogP contribution >= 0.6 is 0 Å². The molecule has 2 aliphatic rings. The number of furan rings is 1. The summed E-state index contributed by atoms with van der Waals surface area (Å²) in [5.74, 6) is 0.0204. The average molecular weight is 396 g/mol. The highest BCUT2D eigenvalue weighted by atomic mass is 16.4. The van der Waals surface area contributed by atoms with Crippen molar-refractivity contribution in [1.29, 1.82) is 0 Å². The summed E-state index contributed by atoms with van der Waals surface area (Å²) < 4.78 is 5.36. The first-order valence-electron chi connectivity index (χ1n) is 9.06. The molecular formula is C21H20N2O6. The molecule has 2 aromatic rings. The van der Waals surface area contributed by atoms with Gasteiger partial charge in [-0.3, -0.25) is 4.79 Å². The summed E-state index contributed by atoms with van der Waals surface area (Å²) in [6, 6.07) is 6.63. The zero-order valence-electron chi connectivity index (χ0n) is 15.4. The van der Waals surface area contributed by atoms with Crippen LogP contribution in [0.25, 0.3) is 11.0 Å². The van der Waals surface area contributed by atoms with Gasteiger partial charge in [0, 0.05) is 41.2 Å². The first-order valence-corrected chi connectivity index (χ1v) is 9.06. The number of carboxylic acids is 2. The molecule has 3 atom stereocenters. The Kier molecular flexibility index (Phi) is 6.00. The Morgan fingerprint density at radius 3 is 2.48 bits per heavy atom. The van der Waals surface area contributed by atoms with Crippen LogP contribution in [-0.2, 0) is 9.59 Å². The van der Waals surface area contributed by atoms with E-state index >= 15 is 0 Å². The van der Waals surface area contributed by atoms with E-state index in [1.54, 1.807) is 18.4 Å². The Hall–Kier alpha value is -3.57. The molecule has 0 aliphatic carbocycles. The number of rotatable bonds is 4. The summed E-state index contributed by atoms with van der Waals surface area (Å²) in [7, 11) is 0. The van der Waals surface area contributed by atoms with Gasteiger partial charge >= 0.3 is 11.9 Å². The molecule has 0 spiro atoms. The minimum atomic E-state index is -1.26. The molecule has 0 radical (unpaired) electrons. The van der Waals surface area contributed by atoms with Crippen LogP contribution in [0, 0.1) is 12.3 Å². The predicted octanol–water partition coefficient (Wildman–Crippen LogP) is 1.75. The van der Waals surface area contributed by atoms with Crippen LogP contribution in [0.1, 0.15) is 35.2 Å². The number of nitrogens with one attached hydrogen (secondary N) is 2. The van der Waals surface area contributed by atoms with Crippen molar-refractivity contribution in [3.05, 3.63) is 47.7 Å². The first-order chi connectivity index (χ1) is 13.9. The number of terminal acetylenes is 1. The third kappa shape index (κ3) is 4.83. The molecule has 1 aromatic carbocycles. The summed E-state index contributed by atoms with van der Waals surface area (Å²) in [5, 5.41) is 23.1. The fourth-order valence-corrected chi connectivity index (χ4v) is 3.66. The van der Waals surface area contributed by atoms with Gasteiger partial charge < -0.3 is 25.3 Å². The molecule has 0 saturated carbocycles. The highest BCUT2D eigenvalue weighted by molar-refractivity contribution is 5.99. The molecule has 4 N–H and O–H groups in total. The van der Waals surface area contributed by atoms with Crippen LogP contribution in [0.15, 0.2) is 41.0 Å². The van der Waals surface area contributed by atoms with Gasteiger partial charge in [-0.1, -0.05) is 5.92 Å². The molecule has 2 unspecified atom stereocenters. The summed E-state index contributed by atoms with van der Waals surface area (Å²) in [5.41, 5.74) is 2.02. The quantitative estimate of drug-likeness (QED) is 0.458. The second-order valence-corrected chi connectivity index (χ2v) is 6.88. The summed E-state index contributed by atoms with van der Waals surface area (Å²) >= 11 is 0. The molecule has 29 heavy (non-hydrogen) atoms. The van der Waals surface area contributed by atoms with Crippen molar-refractivity contribution in [1.82, 2.24) is 10.6 Å². The molecule has 2 bridgehead atoms. The molecule has 1 amide bonds. The molecule has 8 heteroatoms. The minimum Gasteiger partial charge on any atom is -0.478 e. The van der Waals surface area contributed by atoms with E-state index in [4.69, 9.17) is 21.1 Å². The van der Waals surface area contributed by atoms with E-state index in [1.807, 2.05) is 6.07 Å². The van der Waals surface area contributed by atoms with Crippen molar-refractivity contribution in [2.45, 2.75) is 37.4 Å². The van der Waals surface area contributed by atoms with Gasteiger partial charge in [-0.2, -0.15) is 0 Å². The van der Waals surface area contributed by atoms with E-state index in [0.717, 1.165) is 18.2 Å². The monoisotopic (exact) mass is 396 g/mol. The Bertz CT molecular complexity index is 1000. The van der Waals surface area contributed by atoms with Crippen molar-refractivity contribution in [2.75, 3.05) is 0 Å². The van der Waals surface area contributed by atoms with Crippen molar-refractivity contribution < 1.29 is 29.0 Å². The molecule has 150 valence electrons. The lowest BCUT2D eigenvalue weighted by molar-refractivity contribution is -0.134. The summed E-state index contributed by atoms with van der Waals surface area (Å²) in [6.07, 6.45) is 11.5. The fraction of sp³-hybridized carbons (Fsp3) is 0.286. The van der Waals surface area contributed by atoms with Crippen LogP contribution in [0.4, 0.5) is 0 Å². The standard InChI is InChI=1S/C17H16N2O2.C4H4O4/c1-2-10-9-21-16-6-3-11(7-13(10)16)17(20)19-15-8-12-4-5-14(15)18-12;5-3(6)1-2-4(7)8/h1,3,6-7,9,12,14-15,18H,4-5,8H2,(H,19,20);1-2H,(H,5,6)(H,7,8)/b;2-1+/t12?,14?,15-;/m1./s1. The number of hydrogen-bond acceptors (Lipinski definition) is 5. The summed E-state index contributed by atoms with van der Waals surface area (Å²) in [4.78, 5) is 31.5. The van der Waals surface area contributed by atoms with Crippen LogP contribution in [-0.4, -0.2) is 46.2 Å². The molecule has 4 rings (SSSR count). The van der Waals surface area contributed by atoms with Crippen LogP contribution in [0.2, 0.25) is 0 Å². The van der Waals surface area contributed by atoms with Crippen molar-refractivity contribution in [2.24, 2.45) is 0 Å². The largest absolute Gasteiger partial charge is 0.478 e. The maximum absolute atomic E-state index is 12.4. The molecule has 2 fully saturated rings. The zero-order valence-corrected chi connectivity index (χ0v) is 15.4. The van der Waals surface area contributed by atoms with E-state index in [0.29, 0.717) is 40.9 Å². The lowest BCUT2D eigenvalue weighted by atomic mass is 9.95. The third-order valence-corrected chi connectivity index (χ3v) is 4.98. The molecular weight excluding hydrogens is 376 g/mol. The Balaban J connectivity index is 0.000000258. The lowest BCUT2D eigenvalue weighted by Crippen LogP contribution is -2.42. The maximum atomic E-state index is 12.4. The number of amides is 1.